The number of nitrogens with one attached hydrogen (secondary N) is 2. The maximum atomic E-state index is 14.4. The highest BCUT2D eigenvalue weighted by Gasteiger charge is 2.43. The van der Waals surface area contributed by atoms with Gasteiger partial charge in [-0.2, -0.15) is 13.2 Å². The van der Waals surface area contributed by atoms with Crippen molar-refractivity contribution in [2.45, 2.75) is 64.0 Å². The van der Waals surface area contributed by atoms with Crippen molar-refractivity contribution in [3.63, 3.8) is 0 Å². The number of alkyl halides is 3. The highest BCUT2D eigenvalue weighted by molar-refractivity contribution is 5.92. The smallest absolute Gasteiger partial charge is 0.435 e. The summed E-state index contributed by atoms with van der Waals surface area (Å²) in [5, 5.41) is 5.11. The van der Waals surface area contributed by atoms with Crippen molar-refractivity contribution >= 4 is 17.8 Å². The number of imidazole rings is 1. The fourth-order valence-electron chi connectivity index (χ4n) is 4.24. The van der Waals surface area contributed by atoms with Crippen molar-refractivity contribution in [2.24, 2.45) is 0 Å². The molecule has 0 aliphatic carbocycles. The van der Waals surface area contributed by atoms with Gasteiger partial charge in [0.25, 0.3) is 5.91 Å². The number of amides is 2. The largest absolute Gasteiger partial charge is 0.444 e. The number of fused-ring (bicyclic) bond motifs is 1. The van der Waals surface area contributed by atoms with Crippen LogP contribution in [0.4, 0.5) is 31.1 Å². The minimum absolute atomic E-state index is 0.175. The molecular formula is C25H29F6N5O4. The molecule has 40 heavy (non-hydrogen) atoms. The third-order valence-corrected chi connectivity index (χ3v) is 5.91. The van der Waals surface area contributed by atoms with Crippen LogP contribution in [0.2, 0.25) is 0 Å². The maximum Gasteiger partial charge on any atom is 0.435 e. The van der Waals surface area contributed by atoms with Gasteiger partial charge in [0.2, 0.25) is 5.82 Å². The fraction of sp³-hybridized carbons (Fsp3) is 0.520. The van der Waals surface area contributed by atoms with E-state index >= 15 is 0 Å². The number of benzene rings is 1. The summed E-state index contributed by atoms with van der Waals surface area (Å²) >= 11 is 0. The van der Waals surface area contributed by atoms with Gasteiger partial charge < -0.3 is 24.8 Å². The lowest BCUT2D eigenvalue weighted by Crippen LogP contribution is -2.45. The number of nitrogens with zero attached hydrogens (tertiary/aromatic N) is 3. The van der Waals surface area contributed by atoms with Crippen LogP contribution in [0.25, 0.3) is 0 Å². The molecule has 220 valence electrons. The molecule has 2 unspecified atom stereocenters. The Labute approximate surface area is 225 Å². The molecule has 2 N–H and O–H groups in total. The monoisotopic (exact) mass is 577 g/mol. The number of hydrogen-bond acceptors (Lipinski definition) is 6. The van der Waals surface area contributed by atoms with Gasteiger partial charge in [0, 0.05) is 45.7 Å². The lowest BCUT2D eigenvalue weighted by atomic mass is 9.96. The van der Waals surface area contributed by atoms with Gasteiger partial charge in [0.05, 0.1) is 5.69 Å². The van der Waals surface area contributed by atoms with Gasteiger partial charge in [0.15, 0.2) is 23.1 Å². The van der Waals surface area contributed by atoms with Gasteiger partial charge in [-0.15, -0.1) is 0 Å². The van der Waals surface area contributed by atoms with E-state index in [9.17, 15) is 40.7 Å². The van der Waals surface area contributed by atoms with Crippen molar-refractivity contribution < 1.29 is 45.5 Å². The predicted octanol–water partition coefficient (Wildman–Crippen LogP) is 3.76. The van der Waals surface area contributed by atoms with E-state index in [2.05, 4.69) is 15.6 Å². The van der Waals surface area contributed by atoms with Gasteiger partial charge in [-0.25, -0.2) is 22.9 Å². The Bertz CT molecular complexity index is 1300. The van der Waals surface area contributed by atoms with E-state index in [1.807, 2.05) is 0 Å². The van der Waals surface area contributed by atoms with Crippen LogP contribution in [0.1, 0.15) is 60.8 Å². The van der Waals surface area contributed by atoms with Gasteiger partial charge >= 0.3 is 12.3 Å². The van der Waals surface area contributed by atoms with E-state index < -0.39 is 89.2 Å². The Morgan fingerprint density at radius 1 is 1.12 bits per heavy atom. The topological polar surface area (TPSA) is 106 Å². The fourth-order valence-corrected chi connectivity index (χ4v) is 4.24. The van der Waals surface area contributed by atoms with E-state index in [0.717, 1.165) is 9.47 Å². The molecule has 3 rings (SSSR count). The van der Waals surface area contributed by atoms with E-state index in [1.54, 1.807) is 20.8 Å². The van der Waals surface area contributed by atoms with Crippen LogP contribution in [0.3, 0.4) is 0 Å². The van der Waals surface area contributed by atoms with E-state index in [0.29, 0.717) is 12.1 Å². The normalized spacial score (nSPS) is 16.2. The molecule has 15 heteroatoms. The van der Waals surface area contributed by atoms with Crippen LogP contribution in [0, 0.1) is 17.5 Å². The molecule has 1 aromatic heterocycles. The Morgan fingerprint density at radius 2 is 1.75 bits per heavy atom. The van der Waals surface area contributed by atoms with E-state index in [-0.39, 0.29) is 18.7 Å². The Kier molecular flexibility index (Phi) is 8.87. The minimum Gasteiger partial charge on any atom is -0.444 e. The molecule has 2 heterocycles. The van der Waals surface area contributed by atoms with Crippen LogP contribution in [-0.4, -0.2) is 64.5 Å². The summed E-state index contributed by atoms with van der Waals surface area (Å²) in [6.07, 6.45) is -6.98. The van der Waals surface area contributed by atoms with Crippen molar-refractivity contribution in [3.8, 4) is 0 Å². The SMILES string of the molecule is CN(C)C(=O)c1nc(C(F)(F)F)c2n1C(C(=O)CC(Cc1cc(F)c(F)cc1F)NC(=O)OC(C)(C)C)CNC2. The number of ether oxygens (including phenoxy) is 1. The maximum absolute atomic E-state index is 14.4. The number of ketones is 1. The molecule has 0 radical (unpaired) electrons. The molecule has 1 aliphatic heterocycles. The number of hydrogen-bond donors (Lipinski definition) is 2. The Hall–Kier alpha value is -3.62. The van der Waals surface area contributed by atoms with Crippen molar-refractivity contribution in [3.05, 3.63) is 52.4 Å². The van der Waals surface area contributed by atoms with E-state index in [4.69, 9.17) is 4.74 Å². The number of aromatic nitrogens is 2. The van der Waals surface area contributed by atoms with Gasteiger partial charge in [-0.05, 0) is 38.8 Å². The van der Waals surface area contributed by atoms with Gasteiger partial charge in [-0.1, -0.05) is 0 Å². The zero-order chi connectivity index (χ0) is 30.2. The van der Waals surface area contributed by atoms with Crippen LogP contribution in [0.5, 0.6) is 0 Å². The zero-order valence-electron chi connectivity index (χ0n) is 22.4. The first-order valence-electron chi connectivity index (χ1n) is 12.1. The first kappa shape index (κ1) is 30.9. The van der Waals surface area contributed by atoms with Crippen LogP contribution < -0.4 is 10.6 Å². The second-order valence-corrected chi connectivity index (χ2v) is 10.5. The average molecular weight is 578 g/mol. The average Bonchev–Trinajstić information content (AvgIpc) is 3.21. The standard InChI is InChI=1S/C25H29F6N5O4/c1-24(2,3)40-23(39)33-13(6-12-7-15(27)16(28)9-14(12)26)8-19(37)17-10-32-11-18-20(25(29,30)31)34-21(36(17)18)22(38)35(4)5/h7,9,13,17,32H,6,8,10-11H2,1-5H3,(H,33,39). The highest BCUT2D eigenvalue weighted by Crippen LogP contribution is 2.35. The summed E-state index contributed by atoms with van der Waals surface area (Å²) in [7, 11) is 2.62. The van der Waals surface area contributed by atoms with Crippen molar-refractivity contribution in [1.82, 2.24) is 25.1 Å². The molecule has 2 amide bonds. The molecule has 9 nitrogen and oxygen atoms in total. The number of carbonyl (C=O) groups excluding carboxylic acids is 3. The summed E-state index contributed by atoms with van der Waals surface area (Å²) in [6, 6.07) is -1.70. The van der Waals surface area contributed by atoms with Gasteiger partial charge in [-0.3, -0.25) is 9.59 Å². The summed E-state index contributed by atoms with van der Waals surface area (Å²) in [6.45, 7) is 4.20. The third kappa shape index (κ3) is 7.11. The van der Waals surface area contributed by atoms with Crippen molar-refractivity contribution in [2.75, 3.05) is 20.6 Å². The quantitative estimate of drug-likeness (QED) is 0.384. The second kappa shape index (κ2) is 11.5. The molecule has 2 atom stereocenters. The summed E-state index contributed by atoms with van der Waals surface area (Å²) in [5.74, 6) is -6.14. The zero-order valence-corrected chi connectivity index (χ0v) is 22.4. The summed E-state index contributed by atoms with van der Waals surface area (Å²) in [5.41, 5.74) is -3.07. The molecule has 2 aromatic rings. The molecular weight excluding hydrogens is 548 g/mol. The molecule has 1 aliphatic rings. The van der Waals surface area contributed by atoms with Gasteiger partial charge in [0.1, 0.15) is 17.5 Å². The molecule has 0 spiro atoms. The first-order valence-corrected chi connectivity index (χ1v) is 12.1. The lowest BCUT2D eigenvalue weighted by Gasteiger charge is -2.29. The summed E-state index contributed by atoms with van der Waals surface area (Å²) in [4.78, 5) is 43.3. The molecule has 1 aromatic carbocycles. The molecule has 0 bridgehead atoms. The van der Waals surface area contributed by atoms with E-state index in [1.165, 1.54) is 14.1 Å². The molecule has 0 saturated heterocycles. The van der Waals surface area contributed by atoms with Crippen LogP contribution in [-0.2, 0) is 28.7 Å². The second-order valence-electron chi connectivity index (χ2n) is 10.5. The summed E-state index contributed by atoms with van der Waals surface area (Å²) < 4.78 is 89.0. The molecule has 0 saturated carbocycles. The first-order chi connectivity index (χ1) is 18.4. The Balaban J connectivity index is 1.99. The van der Waals surface area contributed by atoms with Crippen LogP contribution >= 0.6 is 0 Å². The number of carbonyl (C=O) groups is 3. The van der Waals surface area contributed by atoms with Crippen LogP contribution in [0.15, 0.2) is 12.1 Å². The van der Waals surface area contributed by atoms with Crippen molar-refractivity contribution in [1.29, 1.82) is 0 Å². The lowest BCUT2D eigenvalue weighted by molar-refractivity contribution is -0.142. The number of halogens is 6. The third-order valence-electron chi connectivity index (χ3n) is 5.91. The number of rotatable bonds is 7. The minimum atomic E-state index is -4.92. The predicted molar refractivity (Wildman–Crippen MR) is 129 cm³/mol. The number of Topliss-reactive ketones (excluding diaryl/α,β-unsaturated/α-hetero) is 1. The molecule has 0 fully saturated rings. The highest BCUT2D eigenvalue weighted by atomic mass is 19.4. The number of alkyl carbamates (subject to hydrolysis) is 1. The Morgan fingerprint density at radius 3 is 2.33 bits per heavy atom.